The molecule has 0 aliphatic heterocycles. The Labute approximate surface area is 106 Å². The van der Waals surface area contributed by atoms with E-state index in [4.69, 9.17) is 9.84 Å². The fourth-order valence-electron chi connectivity index (χ4n) is 1.35. The van der Waals surface area contributed by atoms with E-state index in [2.05, 4.69) is 5.32 Å². The molecule has 1 heterocycles. The van der Waals surface area contributed by atoms with Crippen molar-refractivity contribution in [3.63, 3.8) is 0 Å². The molecular weight excluding hydrogens is 238 g/mol. The van der Waals surface area contributed by atoms with E-state index in [9.17, 15) is 4.79 Å². The number of amides is 1. The standard InChI is InChI=1S/C12H19NO3S/c1-12(2,3)16-11(15)13-9(6-7-14)10-5-4-8-17-10/h4-5,8-9,14H,6-7H2,1-3H3,(H,13,15)/t9-/m1/s1. The highest BCUT2D eigenvalue weighted by molar-refractivity contribution is 7.10. The van der Waals surface area contributed by atoms with Crippen LogP contribution >= 0.6 is 11.3 Å². The molecule has 1 atom stereocenters. The number of aliphatic hydroxyl groups is 1. The minimum absolute atomic E-state index is 0.0262. The molecule has 0 spiro atoms. The van der Waals surface area contributed by atoms with E-state index in [1.165, 1.54) is 0 Å². The Balaban J connectivity index is 2.59. The summed E-state index contributed by atoms with van der Waals surface area (Å²) in [7, 11) is 0. The average molecular weight is 257 g/mol. The van der Waals surface area contributed by atoms with Crippen molar-refractivity contribution in [1.29, 1.82) is 0 Å². The second-order valence-corrected chi connectivity index (χ2v) is 5.71. The minimum atomic E-state index is -0.511. The Kier molecular flexibility index (Phi) is 4.96. The lowest BCUT2D eigenvalue weighted by atomic mass is 10.2. The summed E-state index contributed by atoms with van der Waals surface area (Å²) in [4.78, 5) is 12.6. The van der Waals surface area contributed by atoms with E-state index in [1.807, 2.05) is 38.3 Å². The number of hydrogen-bond acceptors (Lipinski definition) is 4. The van der Waals surface area contributed by atoms with Gasteiger partial charge in [-0.2, -0.15) is 0 Å². The number of alkyl carbamates (subject to hydrolysis) is 1. The lowest BCUT2D eigenvalue weighted by Gasteiger charge is -2.22. The van der Waals surface area contributed by atoms with Gasteiger partial charge in [0.15, 0.2) is 0 Å². The number of aliphatic hydroxyl groups excluding tert-OH is 1. The number of carbonyl (C=O) groups excluding carboxylic acids is 1. The molecule has 2 N–H and O–H groups in total. The van der Waals surface area contributed by atoms with Gasteiger partial charge in [0.25, 0.3) is 0 Å². The molecule has 5 heteroatoms. The molecule has 0 unspecified atom stereocenters. The maximum atomic E-state index is 11.6. The van der Waals surface area contributed by atoms with Crippen LogP contribution < -0.4 is 5.32 Å². The highest BCUT2D eigenvalue weighted by atomic mass is 32.1. The second-order valence-electron chi connectivity index (χ2n) is 4.73. The third kappa shape index (κ3) is 5.19. The van der Waals surface area contributed by atoms with Crippen molar-refractivity contribution in [1.82, 2.24) is 5.32 Å². The summed E-state index contributed by atoms with van der Waals surface area (Å²) in [6.07, 6.45) is 0.0316. The molecule has 1 amide bonds. The number of ether oxygens (including phenoxy) is 1. The first-order valence-electron chi connectivity index (χ1n) is 5.56. The lowest BCUT2D eigenvalue weighted by Crippen LogP contribution is -2.35. The van der Waals surface area contributed by atoms with Crippen LogP contribution in [0.5, 0.6) is 0 Å². The molecule has 0 aliphatic rings. The summed E-state index contributed by atoms with van der Waals surface area (Å²) in [6.45, 7) is 5.48. The van der Waals surface area contributed by atoms with E-state index in [-0.39, 0.29) is 12.6 Å². The summed E-state index contributed by atoms with van der Waals surface area (Å²) < 4.78 is 5.19. The molecule has 96 valence electrons. The van der Waals surface area contributed by atoms with Crippen LogP contribution in [0.25, 0.3) is 0 Å². The molecule has 0 aliphatic carbocycles. The van der Waals surface area contributed by atoms with Gasteiger partial charge in [-0.1, -0.05) is 6.07 Å². The van der Waals surface area contributed by atoms with E-state index in [0.717, 1.165) is 4.88 Å². The first kappa shape index (κ1) is 14.0. The van der Waals surface area contributed by atoms with Crippen LogP contribution in [0.15, 0.2) is 17.5 Å². The van der Waals surface area contributed by atoms with Crippen molar-refractivity contribution >= 4 is 17.4 Å². The second kappa shape index (κ2) is 6.02. The van der Waals surface area contributed by atoms with Gasteiger partial charge in [-0.05, 0) is 38.6 Å². The number of rotatable bonds is 4. The average Bonchev–Trinajstić information content (AvgIpc) is 2.66. The Morgan fingerprint density at radius 1 is 1.59 bits per heavy atom. The third-order valence-electron chi connectivity index (χ3n) is 2.00. The van der Waals surface area contributed by atoms with Gasteiger partial charge in [-0.3, -0.25) is 0 Å². The highest BCUT2D eigenvalue weighted by Crippen LogP contribution is 2.22. The fraction of sp³-hybridized carbons (Fsp3) is 0.583. The fourth-order valence-corrected chi connectivity index (χ4v) is 2.17. The Bertz CT molecular complexity index is 343. The largest absolute Gasteiger partial charge is 0.444 e. The van der Waals surface area contributed by atoms with Gasteiger partial charge < -0.3 is 15.2 Å². The van der Waals surface area contributed by atoms with Crippen molar-refractivity contribution < 1.29 is 14.6 Å². The maximum absolute atomic E-state index is 11.6. The Hall–Kier alpha value is -1.07. The molecule has 0 bridgehead atoms. The van der Waals surface area contributed by atoms with Crippen molar-refractivity contribution in [3.05, 3.63) is 22.4 Å². The third-order valence-corrected chi connectivity index (χ3v) is 2.98. The predicted octanol–water partition coefficient (Wildman–Crippen LogP) is 2.70. The quantitative estimate of drug-likeness (QED) is 0.872. The maximum Gasteiger partial charge on any atom is 0.408 e. The topological polar surface area (TPSA) is 58.6 Å². The lowest BCUT2D eigenvalue weighted by molar-refractivity contribution is 0.0497. The van der Waals surface area contributed by atoms with Gasteiger partial charge in [0.05, 0.1) is 6.04 Å². The van der Waals surface area contributed by atoms with Crippen LogP contribution in [-0.4, -0.2) is 23.4 Å². The summed E-state index contributed by atoms with van der Waals surface area (Å²) in [5, 5.41) is 13.7. The van der Waals surface area contributed by atoms with Crippen LogP contribution in [0.3, 0.4) is 0 Å². The van der Waals surface area contributed by atoms with E-state index < -0.39 is 11.7 Å². The van der Waals surface area contributed by atoms with Crippen LogP contribution in [-0.2, 0) is 4.74 Å². The molecule has 1 rings (SSSR count). The molecule has 0 saturated carbocycles. The van der Waals surface area contributed by atoms with Gasteiger partial charge in [-0.25, -0.2) is 4.79 Å². The summed E-state index contributed by atoms with van der Waals surface area (Å²) in [6, 6.07) is 3.67. The van der Waals surface area contributed by atoms with Gasteiger partial charge >= 0.3 is 6.09 Å². The molecule has 0 aromatic carbocycles. The van der Waals surface area contributed by atoms with Crippen molar-refractivity contribution in [2.24, 2.45) is 0 Å². The molecular formula is C12H19NO3S. The molecule has 4 nitrogen and oxygen atoms in total. The van der Waals surface area contributed by atoms with Gasteiger partial charge in [-0.15, -0.1) is 11.3 Å². The van der Waals surface area contributed by atoms with Gasteiger partial charge in [0.2, 0.25) is 0 Å². The van der Waals surface area contributed by atoms with Crippen molar-refractivity contribution in [3.8, 4) is 0 Å². The Morgan fingerprint density at radius 3 is 2.76 bits per heavy atom. The first-order valence-corrected chi connectivity index (χ1v) is 6.44. The SMILES string of the molecule is CC(C)(C)OC(=O)N[C@H](CCO)c1cccs1. The summed E-state index contributed by atoms with van der Waals surface area (Å²) >= 11 is 1.55. The van der Waals surface area contributed by atoms with Gasteiger partial charge in [0, 0.05) is 11.5 Å². The van der Waals surface area contributed by atoms with E-state index in [0.29, 0.717) is 6.42 Å². The molecule has 0 radical (unpaired) electrons. The number of nitrogens with one attached hydrogen (secondary N) is 1. The van der Waals surface area contributed by atoms with Crippen LogP contribution in [0.4, 0.5) is 4.79 Å². The zero-order chi connectivity index (χ0) is 12.9. The van der Waals surface area contributed by atoms with Crippen molar-refractivity contribution in [2.45, 2.75) is 38.8 Å². The first-order chi connectivity index (χ1) is 7.92. The van der Waals surface area contributed by atoms with Gasteiger partial charge in [0.1, 0.15) is 5.60 Å². The monoisotopic (exact) mass is 257 g/mol. The van der Waals surface area contributed by atoms with Crippen molar-refractivity contribution in [2.75, 3.05) is 6.61 Å². The Morgan fingerprint density at radius 2 is 2.29 bits per heavy atom. The predicted molar refractivity (Wildman–Crippen MR) is 68.1 cm³/mol. The zero-order valence-electron chi connectivity index (χ0n) is 10.4. The van der Waals surface area contributed by atoms with E-state index in [1.54, 1.807) is 11.3 Å². The van der Waals surface area contributed by atoms with Crippen LogP contribution in [0, 0.1) is 0 Å². The summed E-state index contributed by atoms with van der Waals surface area (Å²) in [5.41, 5.74) is -0.511. The number of carbonyl (C=O) groups is 1. The molecule has 1 aromatic heterocycles. The smallest absolute Gasteiger partial charge is 0.408 e. The minimum Gasteiger partial charge on any atom is -0.444 e. The van der Waals surface area contributed by atoms with Crippen LogP contribution in [0.2, 0.25) is 0 Å². The number of hydrogen-bond donors (Lipinski definition) is 2. The van der Waals surface area contributed by atoms with Crippen LogP contribution in [0.1, 0.15) is 38.1 Å². The molecule has 1 aromatic rings. The molecule has 17 heavy (non-hydrogen) atoms. The summed E-state index contributed by atoms with van der Waals surface area (Å²) in [5.74, 6) is 0. The normalized spacial score (nSPS) is 13.2. The molecule has 0 fully saturated rings. The number of thiophene rings is 1. The zero-order valence-corrected chi connectivity index (χ0v) is 11.2. The van der Waals surface area contributed by atoms with E-state index >= 15 is 0 Å². The highest BCUT2D eigenvalue weighted by Gasteiger charge is 2.20. The molecule has 0 saturated heterocycles.